The van der Waals surface area contributed by atoms with Crippen LogP contribution in [-0.2, 0) is 4.74 Å². The third-order valence-electron chi connectivity index (χ3n) is 3.88. The fourth-order valence-electron chi connectivity index (χ4n) is 2.41. The van der Waals surface area contributed by atoms with Crippen LogP contribution in [0.5, 0.6) is 5.75 Å². The predicted molar refractivity (Wildman–Crippen MR) is 77.8 cm³/mol. The predicted octanol–water partition coefficient (Wildman–Crippen LogP) is 2.30. The molecule has 1 fully saturated rings. The number of rotatable bonds is 5. The second kappa shape index (κ2) is 7.28. The first kappa shape index (κ1) is 14.8. The first-order valence-corrected chi connectivity index (χ1v) is 7.10. The van der Waals surface area contributed by atoms with Gasteiger partial charge in [-0.2, -0.15) is 5.26 Å². The largest absolute Gasteiger partial charge is 0.492 e. The molecule has 0 aliphatic carbocycles. The minimum absolute atomic E-state index is 0.142. The molecular formula is C16H22N2O2. The number of aryl methyl sites for hydroxylation is 1. The van der Waals surface area contributed by atoms with Gasteiger partial charge in [0.2, 0.25) is 0 Å². The molecule has 1 aromatic carbocycles. The van der Waals surface area contributed by atoms with Crippen LogP contribution in [-0.4, -0.2) is 43.9 Å². The Hall–Kier alpha value is -1.57. The van der Waals surface area contributed by atoms with Gasteiger partial charge < -0.3 is 9.47 Å². The van der Waals surface area contributed by atoms with Crippen molar-refractivity contribution in [2.24, 2.45) is 0 Å². The second-order valence-electron chi connectivity index (χ2n) is 5.17. The van der Waals surface area contributed by atoms with E-state index in [0.29, 0.717) is 13.0 Å². The molecule has 0 aromatic heterocycles. The van der Waals surface area contributed by atoms with Gasteiger partial charge in [-0.25, -0.2) is 0 Å². The normalized spacial score (nSPS) is 17.4. The number of benzene rings is 1. The van der Waals surface area contributed by atoms with Crippen LogP contribution in [0.25, 0.3) is 0 Å². The van der Waals surface area contributed by atoms with Crippen molar-refractivity contribution in [1.29, 1.82) is 5.26 Å². The van der Waals surface area contributed by atoms with Crippen molar-refractivity contribution in [2.75, 3.05) is 32.9 Å². The lowest BCUT2D eigenvalue weighted by molar-refractivity contribution is 0.00709. The summed E-state index contributed by atoms with van der Waals surface area (Å²) >= 11 is 0. The number of hydrogen-bond donors (Lipinski definition) is 0. The fraction of sp³-hybridized carbons (Fsp3) is 0.562. The molecule has 1 aromatic rings. The van der Waals surface area contributed by atoms with Gasteiger partial charge in [0.05, 0.1) is 31.7 Å². The highest BCUT2D eigenvalue weighted by Crippen LogP contribution is 2.21. The van der Waals surface area contributed by atoms with Gasteiger partial charge in [0.15, 0.2) is 0 Å². The summed E-state index contributed by atoms with van der Waals surface area (Å²) in [6.45, 7) is 7.94. The Bertz CT molecular complexity index is 476. The smallest absolute Gasteiger partial charge is 0.122 e. The van der Waals surface area contributed by atoms with Crippen LogP contribution >= 0.6 is 0 Å². The molecule has 1 saturated heterocycles. The molecular weight excluding hydrogens is 252 g/mol. The Morgan fingerprint density at radius 1 is 1.35 bits per heavy atom. The van der Waals surface area contributed by atoms with Gasteiger partial charge in [-0.05, 0) is 31.0 Å². The van der Waals surface area contributed by atoms with E-state index in [4.69, 9.17) is 14.7 Å². The summed E-state index contributed by atoms with van der Waals surface area (Å²) in [7, 11) is 0. The van der Waals surface area contributed by atoms with E-state index in [0.717, 1.165) is 32.1 Å². The van der Waals surface area contributed by atoms with Gasteiger partial charge in [-0.3, -0.25) is 4.90 Å². The van der Waals surface area contributed by atoms with Crippen molar-refractivity contribution in [1.82, 2.24) is 4.90 Å². The summed E-state index contributed by atoms with van der Waals surface area (Å²) in [4.78, 5) is 2.29. The van der Waals surface area contributed by atoms with Crippen molar-refractivity contribution in [3.8, 4) is 11.8 Å². The van der Waals surface area contributed by atoms with Crippen LogP contribution < -0.4 is 4.74 Å². The van der Waals surface area contributed by atoms with Crippen molar-refractivity contribution < 1.29 is 9.47 Å². The Morgan fingerprint density at radius 2 is 2.10 bits per heavy atom. The zero-order chi connectivity index (χ0) is 14.4. The lowest BCUT2D eigenvalue weighted by Crippen LogP contribution is -2.46. The molecule has 1 aliphatic rings. The van der Waals surface area contributed by atoms with E-state index in [9.17, 15) is 0 Å². The maximum Gasteiger partial charge on any atom is 0.122 e. The molecule has 20 heavy (non-hydrogen) atoms. The number of nitriles is 1. The SMILES string of the molecule is Cc1cccc(OCC(CC#N)N2CCOCC2)c1C. The van der Waals surface area contributed by atoms with Crippen molar-refractivity contribution in [3.63, 3.8) is 0 Å². The van der Waals surface area contributed by atoms with Crippen molar-refractivity contribution in [2.45, 2.75) is 26.3 Å². The second-order valence-corrected chi connectivity index (χ2v) is 5.17. The lowest BCUT2D eigenvalue weighted by atomic mass is 10.1. The van der Waals surface area contributed by atoms with Crippen molar-refractivity contribution >= 4 is 0 Å². The van der Waals surface area contributed by atoms with Crippen LogP contribution in [0.4, 0.5) is 0 Å². The highest BCUT2D eigenvalue weighted by atomic mass is 16.5. The number of hydrogen-bond acceptors (Lipinski definition) is 4. The quantitative estimate of drug-likeness (QED) is 0.826. The molecule has 0 saturated carbocycles. The van der Waals surface area contributed by atoms with Gasteiger partial charge in [-0.15, -0.1) is 0 Å². The molecule has 0 bridgehead atoms. The van der Waals surface area contributed by atoms with E-state index >= 15 is 0 Å². The van der Waals surface area contributed by atoms with E-state index in [1.165, 1.54) is 11.1 Å². The summed E-state index contributed by atoms with van der Waals surface area (Å²) in [5, 5.41) is 9.00. The Balaban J connectivity index is 1.98. The molecule has 4 nitrogen and oxygen atoms in total. The molecule has 0 spiro atoms. The van der Waals surface area contributed by atoms with E-state index in [1.54, 1.807) is 0 Å². The minimum atomic E-state index is 0.142. The first-order valence-electron chi connectivity index (χ1n) is 7.10. The zero-order valence-electron chi connectivity index (χ0n) is 12.3. The standard InChI is InChI=1S/C16H22N2O2/c1-13-4-3-5-16(14(13)2)20-12-15(6-7-17)18-8-10-19-11-9-18/h3-5,15H,6,8-12H2,1-2H3. The van der Waals surface area contributed by atoms with E-state index in [2.05, 4.69) is 30.9 Å². The third-order valence-corrected chi connectivity index (χ3v) is 3.88. The van der Waals surface area contributed by atoms with Gasteiger partial charge >= 0.3 is 0 Å². The van der Waals surface area contributed by atoms with E-state index in [-0.39, 0.29) is 6.04 Å². The van der Waals surface area contributed by atoms with Gasteiger partial charge in [0, 0.05) is 13.1 Å². The molecule has 0 N–H and O–H groups in total. The topological polar surface area (TPSA) is 45.5 Å². The highest BCUT2D eigenvalue weighted by molar-refractivity contribution is 5.38. The Kier molecular flexibility index (Phi) is 5.40. The number of morpholine rings is 1. The molecule has 0 radical (unpaired) electrons. The zero-order valence-corrected chi connectivity index (χ0v) is 12.3. The van der Waals surface area contributed by atoms with E-state index < -0.39 is 0 Å². The summed E-state index contributed by atoms with van der Waals surface area (Å²) < 4.78 is 11.3. The molecule has 1 aliphatic heterocycles. The maximum absolute atomic E-state index is 9.00. The van der Waals surface area contributed by atoms with Crippen LogP contribution in [0, 0.1) is 25.2 Å². The first-order chi connectivity index (χ1) is 9.72. The Morgan fingerprint density at radius 3 is 2.80 bits per heavy atom. The molecule has 1 unspecified atom stereocenters. The molecule has 4 heteroatoms. The Labute approximate surface area is 120 Å². The van der Waals surface area contributed by atoms with Gasteiger partial charge in [-0.1, -0.05) is 12.1 Å². The average Bonchev–Trinajstić information content (AvgIpc) is 2.48. The summed E-state index contributed by atoms with van der Waals surface area (Å²) in [6, 6.07) is 8.48. The van der Waals surface area contributed by atoms with Crippen LogP contribution in [0.2, 0.25) is 0 Å². The maximum atomic E-state index is 9.00. The highest BCUT2D eigenvalue weighted by Gasteiger charge is 2.21. The molecule has 1 atom stereocenters. The number of ether oxygens (including phenoxy) is 2. The average molecular weight is 274 g/mol. The monoisotopic (exact) mass is 274 g/mol. The molecule has 2 rings (SSSR count). The number of nitrogens with zero attached hydrogens (tertiary/aromatic N) is 2. The lowest BCUT2D eigenvalue weighted by Gasteiger charge is -2.33. The molecule has 1 heterocycles. The third kappa shape index (κ3) is 3.72. The molecule has 0 amide bonds. The summed E-state index contributed by atoms with van der Waals surface area (Å²) in [6.07, 6.45) is 0.491. The van der Waals surface area contributed by atoms with Crippen LogP contribution in [0.15, 0.2) is 18.2 Å². The minimum Gasteiger partial charge on any atom is -0.492 e. The van der Waals surface area contributed by atoms with Crippen LogP contribution in [0.1, 0.15) is 17.5 Å². The van der Waals surface area contributed by atoms with Gasteiger partial charge in [0.25, 0.3) is 0 Å². The van der Waals surface area contributed by atoms with E-state index in [1.807, 2.05) is 12.1 Å². The van der Waals surface area contributed by atoms with Gasteiger partial charge in [0.1, 0.15) is 12.4 Å². The fourth-order valence-corrected chi connectivity index (χ4v) is 2.41. The summed E-state index contributed by atoms with van der Waals surface area (Å²) in [5.74, 6) is 0.918. The molecule has 108 valence electrons. The van der Waals surface area contributed by atoms with Crippen molar-refractivity contribution in [3.05, 3.63) is 29.3 Å². The van der Waals surface area contributed by atoms with Crippen LogP contribution in [0.3, 0.4) is 0 Å². The summed E-state index contributed by atoms with van der Waals surface area (Å²) in [5.41, 5.74) is 2.40.